The van der Waals surface area contributed by atoms with Crippen molar-refractivity contribution in [2.45, 2.75) is 6.54 Å². The molecule has 74 valence electrons. The second-order valence-corrected chi connectivity index (χ2v) is 4.10. The molecule has 0 aliphatic rings. The van der Waals surface area contributed by atoms with Crippen LogP contribution < -0.4 is 5.32 Å². The summed E-state index contributed by atoms with van der Waals surface area (Å²) in [5.41, 5.74) is 2.27. The molecule has 0 unspecified atom stereocenters. The second kappa shape index (κ2) is 3.94. The average Bonchev–Trinajstić information content (AvgIpc) is 2.74. The highest BCUT2D eigenvalue weighted by Crippen LogP contribution is 2.24. The summed E-state index contributed by atoms with van der Waals surface area (Å²) in [5, 5.41) is 9.60. The number of rotatable bonds is 3. The standard InChI is InChI=1S/C10H13N3S/c1-11-7-8-6-9(13(2)12-8)10-4-3-5-14-10/h3-6,11H,7H2,1-2H3. The van der Waals surface area contributed by atoms with E-state index in [1.54, 1.807) is 11.3 Å². The first kappa shape index (κ1) is 9.43. The summed E-state index contributed by atoms with van der Waals surface area (Å²) >= 11 is 1.74. The van der Waals surface area contributed by atoms with E-state index in [9.17, 15) is 0 Å². The highest BCUT2D eigenvalue weighted by Gasteiger charge is 2.06. The molecule has 14 heavy (non-hydrogen) atoms. The Bertz CT molecular complexity index is 403. The summed E-state index contributed by atoms with van der Waals surface area (Å²) < 4.78 is 1.93. The lowest BCUT2D eigenvalue weighted by atomic mass is 10.3. The molecule has 0 saturated heterocycles. The van der Waals surface area contributed by atoms with Gasteiger partial charge in [0.25, 0.3) is 0 Å². The summed E-state index contributed by atoms with van der Waals surface area (Å²) in [6, 6.07) is 6.30. The molecule has 0 atom stereocenters. The summed E-state index contributed by atoms with van der Waals surface area (Å²) in [6.07, 6.45) is 0. The predicted molar refractivity (Wildman–Crippen MR) is 59.3 cm³/mol. The Balaban J connectivity index is 2.35. The molecule has 2 aromatic heterocycles. The van der Waals surface area contributed by atoms with E-state index in [1.165, 1.54) is 10.6 Å². The van der Waals surface area contributed by atoms with Crippen molar-refractivity contribution in [1.29, 1.82) is 0 Å². The number of aryl methyl sites for hydroxylation is 1. The van der Waals surface area contributed by atoms with E-state index >= 15 is 0 Å². The van der Waals surface area contributed by atoms with E-state index in [0.29, 0.717) is 0 Å². The van der Waals surface area contributed by atoms with Crippen LogP contribution in [0.4, 0.5) is 0 Å². The predicted octanol–water partition coefficient (Wildman–Crippen LogP) is 1.87. The van der Waals surface area contributed by atoms with Gasteiger partial charge in [0, 0.05) is 13.6 Å². The summed E-state index contributed by atoms with van der Waals surface area (Å²) in [6.45, 7) is 0.819. The lowest BCUT2D eigenvalue weighted by molar-refractivity contribution is 0.716. The molecule has 0 aliphatic carbocycles. The summed E-state index contributed by atoms with van der Waals surface area (Å²) in [5.74, 6) is 0. The Kier molecular flexibility index (Phi) is 2.65. The van der Waals surface area contributed by atoms with Gasteiger partial charge in [-0.15, -0.1) is 11.3 Å². The molecule has 2 heterocycles. The number of thiophene rings is 1. The van der Waals surface area contributed by atoms with Crippen LogP contribution in [0.15, 0.2) is 23.6 Å². The Labute approximate surface area is 87.4 Å². The molecule has 2 rings (SSSR count). The minimum absolute atomic E-state index is 0.819. The van der Waals surface area contributed by atoms with Gasteiger partial charge in [0.1, 0.15) is 0 Å². The number of hydrogen-bond acceptors (Lipinski definition) is 3. The van der Waals surface area contributed by atoms with Crippen molar-refractivity contribution >= 4 is 11.3 Å². The minimum Gasteiger partial charge on any atom is -0.314 e. The Hall–Kier alpha value is -1.13. The monoisotopic (exact) mass is 207 g/mol. The third-order valence-corrected chi connectivity index (χ3v) is 2.95. The minimum atomic E-state index is 0.819. The molecule has 0 radical (unpaired) electrons. The van der Waals surface area contributed by atoms with Crippen LogP contribution in [0.3, 0.4) is 0 Å². The molecule has 0 amide bonds. The van der Waals surface area contributed by atoms with Gasteiger partial charge in [0.15, 0.2) is 0 Å². The molecular formula is C10H13N3S. The lowest BCUT2D eigenvalue weighted by Crippen LogP contribution is -2.05. The van der Waals surface area contributed by atoms with E-state index < -0.39 is 0 Å². The molecule has 0 aliphatic heterocycles. The van der Waals surface area contributed by atoms with Crippen LogP contribution in [0, 0.1) is 0 Å². The van der Waals surface area contributed by atoms with E-state index in [0.717, 1.165) is 12.2 Å². The van der Waals surface area contributed by atoms with Gasteiger partial charge in [-0.1, -0.05) is 6.07 Å². The highest BCUT2D eigenvalue weighted by atomic mass is 32.1. The van der Waals surface area contributed by atoms with E-state index in [4.69, 9.17) is 0 Å². The molecular weight excluding hydrogens is 194 g/mol. The molecule has 0 aromatic carbocycles. The molecule has 0 fully saturated rings. The molecule has 3 nitrogen and oxygen atoms in total. The fourth-order valence-electron chi connectivity index (χ4n) is 1.45. The van der Waals surface area contributed by atoms with Crippen molar-refractivity contribution in [3.05, 3.63) is 29.3 Å². The van der Waals surface area contributed by atoms with Crippen molar-refractivity contribution < 1.29 is 0 Å². The van der Waals surface area contributed by atoms with Crippen molar-refractivity contribution in [2.75, 3.05) is 7.05 Å². The van der Waals surface area contributed by atoms with Gasteiger partial charge in [-0.3, -0.25) is 4.68 Å². The van der Waals surface area contributed by atoms with Gasteiger partial charge in [0.05, 0.1) is 16.3 Å². The topological polar surface area (TPSA) is 29.9 Å². The normalized spacial score (nSPS) is 10.7. The zero-order chi connectivity index (χ0) is 9.97. The molecule has 0 bridgehead atoms. The Morgan fingerprint density at radius 3 is 3.07 bits per heavy atom. The van der Waals surface area contributed by atoms with Crippen LogP contribution in [-0.4, -0.2) is 16.8 Å². The van der Waals surface area contributed by atoms with E-state index in [1.807, 2.05) is 18.8 Å². The second-order valence-electron chi connectivity index (χ2n) is 3.15. The SMILES string of the molecule is CNCc1cc(-c2cccs2)n(C)n1. The molecule has 0 spiro atoms. The fourth-order valence-corrected chi connectivity index (χ4v) is 2.22. The Morgan fingerprint density at radius 2 is 2.43 bits per heavy atom. The van der Waals surface area contributed by atoms with E-state index in [2.05, 4.69) is 34.0 Å². The first-order chi connectivity index (χ1) is 6.81. The number of nitrogens with one attached hydrogen (secondary N) is 1. The van der Waals surface area contributed by atoms with Gasteiger partial charge in [-0.25, -0.2) is 0 Å². The maximum Gasteiger partial charge on any atom is 0.0782 e. The van der Waals surface area contributed by atoms with Gasteiger partial charge in [-0.2, -0.15) is 5.10 Å². The van der Waals surface area contributed by atoms with Crippen LogP contribution in [0.25, 0.3) is 10.6 Å². The molecule has 0 saturated carbocycles. The van der Waals surface area contributed by atoms with E-state index in [-0.39, 0.29) is 0 Å². The van der Waals surface area contributed by atoms with Crippen molar-refractivity contribution in [3.63, 3.8) is 0 Å². The summed E-state index contributed by atoms with van der Waals surface area (Å²) in [7, 11) is 3.91. The fraction of sp³-hybridized carbons (Fsp3) is 0.300. The molecule has 2 aromatic rings. The Morgan fingerprint density at radius 1 is 1.57 bits per heavy atom. The van der Waals surface area contributed by atoms with Crippen LogP contribution in [0.1, 0.15) is 5.69 Å². The summed E-state index contributed by atoms with van der Waals surface area (Å²) in [4.78, 5) is 1.27. The molecule has 1 N–H and O–H groups in total. The number of nitrogens with zero attached hydrogens (tertiary/aromatic N) is 2. The molecule has 4 heteroatoms. The van der Waals surface area contributed by atoms with Gasteiger partial charge in [-0.05, 0) is 24.6 Å². The third kappa shape index (κ3) is 1.71. The van der Waals surface area contributed by atoms with Gasteiger partial charge in [0.2, 0.25) is 0 Å². The van der Waals surface area contributed by atoms with Crippen LogP contribution in [0.5, 0.6) is 0 Å². The number of aromatic nitrogens is 2. The zero-order valence-electron chi connectivity index (χ0n) is 8.32. The van der Waals surface area contributed by atoms with Crippen LogP contribution >= 0.6 is 11.3 Å². The smallest absolute Gasteiger partial charge is 0.0782 e. The van der Waals surface area contributed by atoms with Crippen LogP contribution in [-0.2, 0) is 13.6 Å². The van der Waals surface area contributed by atoms with Crippen molar-refractivity contribution in [3.8, 4) is 10.6 Å². The lowest BCUT2D eigenvalue weighted by Gasteiger charge is -1.95. The largest absolute Gasteiger partial charge is 0.314 e. The van der Waals surface area contributed by atoms with Crippen molar-refractivity contribution in [2.24, 2.45) is 7.05 Å². The van der Waals surface area contributed by atoms with Crippen molar-refractivity contribution in [1.82, 2.24) is 15.1 Å². The third-order valence-electron chi connectivity index (χ3n) is 2.06. The highest BCUT2D eigenvalue weighted by molar-refractivity contribution is 7.13. The van der Waals surface area contributed by atoms with Gasteiger partial charge >= 0.3 is 0 Å². The average molecular weight is 207 g/mol. The number of hydrogen-bond donors (Lipinski definition) is 1. The first-order valence-electron chi connectivity index (χ1n) is 4.52. The maximum absolute atomic E-state index is 4.42. The maximum atomic E-state index is 4.42. The van der Waals surface area contributed by atoms with Crippen LogP contribution in [0.2, 0.25) is 0 Å². The first-order valence-corrected chi connectivity index (χ1v) is 5.40. The zero-order valence-corrected chi connectivity index (χ0v) is 9.14. The van der Waals surface area contributed by atoms with Gasteiger partial charge < -0.3 is 5.32 Å². The quantitative estimate of drug-likeness (QED) is 0.832.